The van der Waals surface area contributed by atoms with E-state index < -0.39 is 17.3 Å². The lowest BCUT2D eigenvalue weighted by Gasteiger charge is -2.49. The number of halogens is 1. The van der Waals surface area contributed by atoms with E-state index in [-0.39, 0.29) is 29.9 Å². The van der Waals surface area contributed by atoms with Gasteiger partial charge in [0.05, 0.1) is 18.7 Å². The predicted octanol–water partition coefficient (Wildman–Crippen LogP) is 1.64. The Labute approximate surface area is 154 Å². The average molecular weight is 371 g/mol. The zero-order valence-electron chi connectivity index (χ0n) is 14.6. The fourth-order valence-corrected chi connectivity index (χ4v) is 3.58. The van der Waals surface area contributed by atoms with E-state index >= 15 is 0 Å². The molecule has 2 unspecified atom stereocenters. The van der Waals surface area contributed by atoms with Crippen molar-refractivity contribution >= 4 is 11.9 Å². The van der Waals surface area contributed by atoms with E-state index in [9.17, 15) is 9.18 Å². The lowest BCUT2D eigenvalue weighted by atomic mass is 9.73. The third kappa shape index (κ3) is 2.89. The Bertz CT molecular complexity index is 894. The maximum absolute atomic E-state index is 14.8. The standard InChI is InChI=1S/C18H18FN5O3/c1-24-16(25)12-4-7-26-10-18(12,23-17(24)20)13-8-11(2-3-14(13)19)27-15-9-21-5-6-22-15/h2-3,5-6,8-9,12H,4,7,10H2,1H3,(H2,20,23). The number of carbonyl (C=O) groups is 1. The van der Waals surface area contributed by atoms with Crippen molar-refractivity contribution in [2.75, 3.05) is 20.3 Å². The van der Waals surface area contributed by atoms with E-state index in [2.05, 4.69) is 15.3 Å². The van der Waals surface area contributed by atoms with Gasteiger partial charge in [-0.05, 0) is 24.6 Å². The number of nitrogens with zero attached hydrogens (tertiary/aromatic N) is 3. The average Bonchev–Trinajstić information content (AvgIpc) is 2.68. The molecule has 2 aliphatic rings. The molecule has 0 bridgehead atoms. The van der Waals surface area contributed by atoms with Crippen LogP contribution in [-0.4, -0.2) is 47.0 Å². The molecule has 3 heterocycles. The van der Waals surface area contributed by atoms with Gasteiger partial charge in [-0.25, -0.2) is 9.37 Å². The Hall–Kier alpha value is -3.07. The molecule has 8 nitrogen and oxygen atoms in total. The molecule has 27 heavy (non-hydrogen) atoms. The van der Waals surface area contributed by atoms with Crippen molar-refractivity contribution in [3.8, 4) is 11.6 Å². The largest absolute Gasteiger partial charge is 0.437 e. The fourth-order valence-electron chi connectivity index (χ4n) is 3.58. The van der Waals surface area contributed by atoms with E-state index in [1.807, 2.05) is 0 Å². The molecule has 0 spiro atoms. The summed E-state index contributed by atoms with van der Waals surface area (Å²) in [6.07, 6.45) is 4.88. The van der Waals surface area contributed by atoms with Crippen LogP contribution < -0.4 is 10.1 Å². The monoisotopic (exact) mass is 371 g/mol. The van der Waals surface area contributed by atoms with Gasteiger partial charge in [0, 0.05) is 31.6 Å². The number of aromatic nitrogens is 2. The van der Waals surface area contributed by atoms with Crippen LogP contribution in [0.15, 0.2) is 36.8 Å². The second kappa shape index (κ2) is 6.58. The summed E-state index contributed by atoms with van der Waals surface area (Å²) in [6, 6.07) is 4.27. The molecule has 2 N–H and O–H groups in total. The van der Waals surface area contributed by atoms with Crippen molar-refractivity contribution in [1.82, 2.24) is 20.2 Å². The van der Waals surface area contributed by atoms with Gasteiger partial charge in [-0.1, -0.05) is 0 Å². The predicted molar refractivity (Wildman–Crippen MR) is 92.7 cm³/mol. The van der Waals surface area contributed by atoms with Crippen molar-refractivity contribution in [1.29, 1.82) is 5.41 Å². The number of hydrogen-bond acceptors (Lipinski definition) is 6. The molecule has 2 aromatic rings. The number of guanidine groups is 1. The number of nitrogens with one attached hydrogen (secondary N) is 2. The molecule has 1 aromatic carbocycles. The fraction of sp³-hybridized carbons (Fsp3) is 0.333. The number of benzene rings is 1. The van der Waals surface area contributed by atoms with E-state index in [1.54, 1.807) is 0 Å². The Balaban J connectivity index is 1.77. The van der Waals surface area contributed by atoms with Gasteiger partial charge in [0.25, 0.3) is 0 Å². The lowest BCUT2D eigenvalue weighted by molar-refractivity contribution is -0.143. The van der Waals surface area contributed by atoms with Gasteiger partial charge in [-0.3, -0.25) is 20.1 Å². The molecule has 0 radical (unpaired) electrons. The van der Waals surface area contributed by atoms with Gasteiger partial charge in [0.1, 0.15) is 17.1 Å². The van der Waals surface area contributed by atoms with Crippen LogP contribution in [0.1, 0.15) is 12.0 Å². The number of carbonyl (C=O) groups excluding carboxylic acids is 1. The number of ether oxygens (including phenoxy) is 2. The van der Waals surface area contributed by atoms with Crippen LogP contribution in [0.2, 0.25) is 0 Å². The van der Waals surface area contributed by atoms with Crippen LogP contribution in [-0.2, 0) is 15.1 Å². The van der Waals surface area contributed by atoms with Gasteiger partial charge in [-0.15, -0.1) is 0 Å². The normalized spacial score (nSPS) is 25.0. The second-order valence-corrected chi connectivity index (χ2v) is 6.52. The van der Waals surface area contributed by atoms with Crippen molar-refractivity contribution in [3.05, 3.63) is 48.2 Å². The molecule has 1 amide bonds. The molecule has 9 heteroatoms. The summed E-state index contributed by atoms with van der Waals surface area (Å²) in [7, 11) is 1.53. The van der Waals surface area contributed by atoms with Crippen LogP contribution in [0.4, 0.5) is 4.39 Å². The third-order valence-corrected chi connectivity index (χ3v) is 4.96. The Morgan fingerprint density at radius 3 is 3.07 bits per heavy atom. The van der Waals surface area contributed by atoms with Crippen molar-refractivity contribution in [3.63, 3.8) is 0 Å². The van der Waals surface area contributed by atoms with Gasteiger partial charge in [-0.2, -0.15) is 0 Å². The number of rotatable bonds is 3. The zero-order chi connectivity index (χ0) is 19.0. The van der Waals surface area contributed by atoms with Gasteiger partial charge < -0.3 is 14.8 Å². The topological polar surface area (TPSA) is 100 Å². The Kier molecular flexibility index (Phi) is 4.23. The van der Waals surface area contributed by atoms with Crippen LogP contribution in [0.25, 0.3) is 0 Å². The number of hydrogen-bond donors (Lipinski definition) is 2. The van der Waals surface area contributed by atoms with Crippen molar-refractivity contribution in [2.24, 2.45) is 5.92 Å². The highest BCUT2D eigenvalue weighted by molar-refractivity contribution is 6.00. The van der Waals surface area contributed by atoms with Crippen LogP contribution in [0.3, 0.4) is 0 Å². The molecular formula is C18H18FN5O3. The molecule has 0 saturated carbocycles. The van der Waals surface area contributed by atoms with E-state index in [0.717, 1.165) is 0 Å². The summed E-state index contributed by atoms with van der Waals surface area (Å²) < 4.78 is 26.1. The van der Waals surface area contributed by atoms with Crippen molar-refractivity contribution < 1.29 is 18.7 Å². The third-order valence-electron chi connectivity index (χ3n) is 4.96. The summed E-state index contributed by atoms with van der Waals surface area (Å²) in [5.41, 5.74) is -0.940. The van der Waals surface area contributed by atoms with E-state index in [1.165, 1.54) is 48.7 Å². The summed E-state index contributed by atoms with van der Waals surface area (Å²) in [6.45, 7) is 0.476. The van der Waals surface area contributed by atoms with Crippen molar-refractivity contribution in [2.45, 2.75) is 12.0 Å². The van der Waals surface area contributed by atoms with E-state index in [0.29, 0.717) is 18.8 Å². The Morgan fingerprint density at radius 2 is 2.30 bits per heavy atom. The summed E-state index contributed by atoms with van der Waals surface area (Å²) in [4.78, 5) is 22.0. The minimum absolute atomic E-state index is 0.0745. The maximum atomic E-state index is 14.8. The zero-order valence-corrected chi connectivity index (χ0v) is 14.6. The first-order valence-corrected chi connectivity index (χ1v) is 8.47. The summed E-state index contributed by atoms with van der Waals surface area (Å²) >= 11 is 0. The van der Waals surface area contributed by atoms with Crippen LogP contribution >= 0.6 is 0 Å². The second-order valence-electron chi connectivity index (χ2n) is 6.52. The molecule has 140 valence electrons. The van der Waals surface area contributed by atoms with Crippen LogP contribution in [0.5, 0.6) is 11.6 Å². The smallest absolute Gasteiger partial charge is 0.237 e. The molecule has 1 aromatic heterocycles. The molecule has 2 aliphatic heterocycles. The quantitative estimate of drug-likeness (QED) is 0.851. The van der Waals surface area contributed by atoms with Gasteiger partial charge in [0.15, 0.2) is 5.96 Å². The highest BCUT2D eigenvalue weighted by Crippen LogP contribution is 2.41. The minimum Gasteiger partial charge on any atom is -0.437 e. The SMILES string of the molecule is CN1C(=N)NC2(c3cc(Oc4cnccn4)ccc3F)COCCC2C1=O. The maximum Gasteiger partial charge on any atom is 0.237 e. The van der Waals surface area contributed by atoms with Crippen LogP contribution in [0, 0.1) is 17.1 Å². The first kappa shape index (κ1) is 17.3. The molecule has 2 fully saturated rings. The summed E-state index contributed by atoms with van der Waals surface area (Å²) in [5.74, 6) is -0.765. The molecule has 4 rings (SSSR count). The number of fused-ring (bicyclic) bond motifs is 1. The molecular weight excluding hydrogens is 353 g/mol. The lowest BCUT2D eigenvalue weighted by Crippen LogP contribution is -2.68. The minimum atomic E-state index is -1.16. The highest BCUT2D eigenvalue weighted by Gasteiger charge is 2.53. The molecule has 2 atom stereocenters. The Morgan fingerprint density at radius 1 is 1.44 bits per heavy atom. The van der Waals surface area contributed by atoms with Gasteiger partial charge in [0.2, 0.25) is 11.8 Å². The first-order chi connectivity index (χ1) is 13.0. The molecule has 2 saturated heterocycles. The molecule has 0 aliphatic carbocycles. The first-order valence-electron chi connectivity index (χ1n) is 8.47. The highest BCUT2D eigenvalue weighted by atomic mass is 19.1. The van der Waals surface area contributed by atoms with E-state index in [4.69, 9.17) is 14.9 Å². The van der Waals surface area contributed by atoms with Gasteiger partial charge >= 0.3 is 0 Å². The number of amides is 1. The summed E-state index contributed by atoms with van der Waals surface area (Å²) in [5, 5.41) is 11.1.